The molecular weight excluding hydrogens is 256 g/mol. The van der Waals surface area contributed by atoms with Crippen LogP contribution in [0.25, 0.3) is 0 Å². The molecule has 0 aliphatic carbocycles. The first kappa shape index (κ1) is 14.4. The number of carbonyl (C=O) groups is 1. The van der Waals surface area contributed by atoms with Crippen molar-refractivity contribution in [2.24, 2.45) is 5.41 Å². The predicted molar refractivity (Wildman–Crippen MR) is 73.0 cm³/mol. The van der Waals surface area contributed by atoms with Crippen molar-refractivity contribution in [3.63, 3.8) is 0 Å². The number of nitrogens with one attached hydrogen (secondary N) is 1. The number of nitrogens with zero attached hydrogens (tertiary/aromatic N) is 1. The van der Waals surface area contributed by atoms with Crippen molar-refractivity contribution in [1.29, 1.82) is 5.26 Å². The van der Waals surface area contributed by atoms with Gasteiger partial charge in [-0.1, -0.05) is 18.2 Å². The van der Waals surface area contributed by atoms with E-state index < -0.39 is 5.41 Å². The number of para-hydroxylation sites is 1. The highest BCUT2D eigenvalue weighted by atomic mass is 16.5. The summed E-state index contributed by atoms with van der Waals surface area (Å²) in [7, 11) is 0. The Hall–Kier alpha value is -2.06. The molecule has 0 radical (unpaired) electrons. The Kier molecular flexibility index (Phi) is 4.97. The number of benzene rings is 1. The molecule has 1 fully saturated rings. The maximum Gasteiger partial charge on any atom is 0.240 e. The summed E-state index contributed by atoms with van der Waals surface area (Å²) < 4.78 is 10.7. The summed E-state index contributed by atoms with van der Waals surface area (Å²) in [5, 5.41) is 12.0. The van der Waals surface area contributed by atoms with Gasteiger partial charge in [0.1, 0.15) is 17.8 Å². The zero-order valence-electron chi connectivity index (χ0n) is 11.3. The van der Waals surface area contributed by atoms with Crippen LogP contribution in [-0.2, 0) is 9.53 Å². The minimum absolute atomic E-state index is 0.222. The van der Waals surface area contributed by atoms with E-state index in [9.17, 15) is 10.1 Å². The summed E-state index contributed by atoms with van der Waals surface area (Å²) in [5.41, 5.74) is -0.939. The smallest absolute Gasteiger partial charge is 0.240 e. The maximum absolute atomic E-state index is 12.1. The number of rotatable bonds is 5. The lowest BCUT2D eigenvalue weighted by Gasteiger charge is -2.29. The number of hydrogen-bond donors (Lipinski definition) is 1. The van der Waals surface area contributed by atoms with Crippen molar-refractivity contribution < 1.29 is 14.3 Å². The van der Waals surface area contributed by atoms with E-state index in [1.54, 1.807) is 0 Å². The monoisotopic (exact) mass is 274 g/mol. The van der Waals surface area contributed by atoms with E-state index in [-0.39, 0.29) is 5.91 Å². The molecule has 1 amide bonds. The van der Waals surface area contributed by atoms with Gasteiger partial charge in [-0.15, -0.1) is 0 Å². The lowest BCUT2D eigenvalue weighted by molar-refractivity contribution is -0.132. The molecule has 106 valence electrons. The molecule has 1 aliphatic rings. The third-order valence-corrected chi connectivity index (χ3v) is 3.39. The molecule has 5 heteroatoms. The second kappa shape index (κ2) is 6.92. The Labute approximate surface area is 118 Å². The molecule has 0 saturated carbocycles. The van der Waals surface area contributed by atoms with Gasteiger partial charge in [-0.05, 0) is 25.0 Å². The molecule has 5 nitrogen and oxygen atoms in total. The van der Waals surface area contributed by atoms with Crippen LogP contribution >= 0.6 is 0 Å². The Bertz CT molecular complexity index is 476. The number of amides is 1. The molecule has 0 atom stereocenters. The van der Waals surface area contributed by atoms with Gasteiger partial charge in [-0.2, -0.15) is 5.26 Å². The van der Waals surface area contributed by atoms with Gasteiger partial charge in [0.2, 0.25) is 5.91 Å². The average Bonchev–Trinajstić information content (AvgIpc) is 2.53. The summed E-state index contributed by atoms with van der Waals surface area (Å²) >= 11 is 0. The number of nitriles is 1. The van der Waals surface area contributed by atoms with Crippen LogP contribution < -0.4 is 10.1 Å². The van der Waals surface area contributed by atoms with Gasteiger partial charge in [-0.25, -0.2) is 0 Å². The highest BCUT2D eigenvalue weighted by Gasteiger charge is 2.40. The number of ether oxygens (including phenoxy) is 2. The molecule has 0 spiro atoms. The molecule has 0 aromatic heterocycles. The van der Waals surface area contributed by atoms with Crippen molar-refractivity contribution in [3.05, 3.63) is 30.3 Å². The molecule has 1 heterocycles. The largest absolute Gasteiger partial charge is 0.492 e. The van der Waals surface area contributed by atoms with Crippen LogP contribution in [0.1, 0.15) is 12.8 Å². The van der Waals surface area contributed by atoms with Crippen LogP contribution in [0.2, 0.25) is 0 Å². The van der Waals surface area contributed by atoms with E-state index in [0.29, 0.717) is 39.2 Å². The van der Waals surface area contributed by atoms with Crippen molar-refractivity contribution in [2.45, 2.75) is 12.8 Å². The Balaban J connectivity index is 1.76. The van der Waals surface area contributed by atoms with E-state index in [2.05, 4.69) is 11.4 Å². The first-order valence-corrected chi connectivity index (χ1v) is 6.72. The molecule has 20 heavy (non-hydrogen) atoms. The molecule has 1 N–H and O–H groups in total. The van der Waals surface area contributed by atoms with Gasteiger partial charge in [0, 0.05) is 13.2 Å². The third-order valence-electron chi connectivity index (χ3n) is 3.39. The summed E-state index contributed by atoms with van der Waals surface area (Å²) in [6.45, 7) is 1.69. The van der Waals surface area contributed by atoms with Crippen molar-refractivity contribution in [1.82, 2.24) is 5.32 Å². The molecule has 1 saturated heterocycles. The van der Waals surface area contributed by atoms with Crippen LogP contribution in [0.3, 0.4) is 0 Å². The zero-order chi connectivity index (χ0) is 14.3. The first-order chi connectivity index (χ1) is 9.77. The van der Waals surface area contributed by atoms with Gasteiger partial charge in [0.25, 0.3) is 0 Å². The van der Waals surface area contributed by atoms with E-state index in [1.165, 1.54) is 0 Å². The number of carbonyl (C=O) groups excluding carboxylic acids is 1. The molecule has 2 rings (SSSR count). The van der Waals surface area contributed by atoms with Crippen molar-refractivity contribution in [3.8, 4) is 11.8 Å². The second-order valence-corrected chi connectivity index (χ2v) is 4.72. The fraction of sp³-hybridized carbons (Fsp3) is 0.467. The Morgan fingerprint density at radius 3 is 2.70 bits per heavy atom. The maximum atomic E-state index is 12.1. The number of hydrogen-bond acceptors (Lipinski definition) is 4. The lowest BCUT2D eigenvalue weighted by Crippen LogP contribution is -2.44. The lowest BCUT2D eigenvalue weighted by atomic mass is 9.81. The molecule has 1 aliphatic heterocycles. The normalized spacial score (nSPS) is 16.9. The molecular formula is C15H18N2O3. The first-order valence-electron chi connectivity index (χ1n) is 6.72. The summed E-state index contributed by atoms with van der Waals surface area (Å²) in [6.07, 6.45) is 0.906. The topological polar surface area (TPSA) is 71.4 Å². The molecule has 1 aromatic rings. The van der Waals surface area contributed by atoms with Crippen LogP contribution in [0.5, 0.6) is 5.75 Å². The SMILES string of the molecule is N#CC1(C(=O)NCCOc2ccccc2)CCOCC1. The summed E-state index contributed by atoms with van der Waals surface area (Å²) in [6, 6.07) is 11.6. The highest BCUT2D eigenvalue weighted by Crippen LogP contribution is 2.29. The quantitative estimate of drug-likeness (QED) is 0.826. The molecule has 0 unspecified atom stereocenters. The summed E-state index contributed by atoms with van der Waals surface area (Å²) in [5.74, 6) is 0.544. The fourth-order valence-corrected chi connectivity index (χ4v) is 2.13. The Morgan fingerprint density at radius 1 is 1.35 bits per heavy atom. The van der Waals surface area contributed by atoms with Crippen molar-refractivity contribution >= 4 is 5.91 Å². The minimum atomic E-state index is -0.939. The van der Waals surface area contributed by atoms with Crippen LogP contribution in [0.4, 0.5) is 0 Å². The van der Waals surface area contributed by atoms with Gasteiger partial charge < -0.3 is 14.8 Å². The minimum Gasteiger partial charge on any atom is -0.492 e. The molecule has 0 bridgehead atoms. The van der Waals surface area contributed by atoms with Crippen LogP contribution in [0.15, 0.2) is 30.3 Å². The fourth-order valence-electron chi connectivity index (χ4n) is 2.13. The van der Waals surface area contributed by atoms with Gasteiger partial charge in [0.15, 0.2) is 0 Å². The van der Waals surface area contributed by atoms with Gasteiger partial charge >= 0.3 is 0 Å². The molecule has 1 aromatic carbocycles. The van der Waals surface area contributed by atoms with Crippen LogP contribution in [-0.4, -0.2) is 32.3 Å². The van der Waals surface area contributed by atoms with E-state index in [1.807, 2.05) is 30.3 Å². The van der Waals surface area contributed by atoms with Gasteiger partial charge in [-0.3, -0.25) is 4.79 Å². The average molecular weight is 274 g/mol. The third kappa shape index (κ3) is 3.49. The van der Waals surface area contributed by atoms with Crippen LogP contribution in [0, 0.1) is 16.7 Å². The predicted octanol–water partition coefficient (Wildman–Crippen LogP) is 1.50. The standard InChI is InChI=1S/C15H18N2O3/c16-12-15(6-9-19-10-7-15)14(18)17-8-11-20-13-4-2-1-3-5-13/h1-5H,6-11H2,(H,17,18). The zero-order valence-corrected chi connectivity index (χ0v) is 11.3. The Morgan fingerprint density at radius 2 is 2.05 bits per heavy atom. The highest BCUT2D eigenvalue weighted by molar-refractivity contribution is 5.85. The van der Waals surface area contributed by atoms with Crippen molar-refractivity contribution in [2.75, 3.05) is 26.4 Å². The van der Waals surface area contributed by atoms with E-state index in [4.69, 9.17) is 9.47 Å². The van der Waals surface area contributed by atoms with E-state index >= 15 is 0 Å². The van der Waals surface area contributed by atoms with E-state index in [0.717, 1.165) is 5.75 Å². The van der Waals surface area contributed by atoms with Gasteiger partial charge in [0.05, 0.1) is 12.6 Å². The summed E-state index contributed by atoms with van der Waals surface area (Å²) in [4.78, 5) is 12.1. The second-order valence-electron chi connectivity index (χ2n) is 4.72.